The van der Waals surface area contributed by atoms with E-state index in [9.17, 15) is 14.4 Å². The summed E-state index contributed by atoms with van der Waals surface area (Å²) in [6.45, 7) is 3.40. The molecule has 1 fully saturated rings. The van der Waals surface area contributed by atoms with Crippen molar-refractivity contribution in [1.82, 2.24) is 10.2 Å². The summed E-state index contributed by atoms with van der Waals surface area (Å²) in [5.41, 5.74) is 0.967. The van der Waals surface area contributed by atoms with Crippen molar-refractivity contribution in [3.05, 3.63) is 59.2 Å². The molecular weight excluding hydrogens is 384 g/mol. The number of ether oxygens (including phenoxy) is 2. The maximum atomic E-state index is 13.1. The Balaban J connectivity index is 1.80. The van der Waals surface area contributed by atoms with Crippen molar-refractivity contribution >= 4 is 17.7 Å². The van der Waals surface area contributed by atoms with Gasteiger partial charge >= 0.3 is 6.03 Å². The molecule has 3 rings (SSSR count). The molecule has 0 spiro atoms. The van der Waals surface area contributed by atoms with Crippen molar-refractivity contribution in [2.24, 2.45) is 0 Å². The molecule has 0 aliphatic carbocycles. The first-order chi connectivity index (χ1) is 14.3. The number of methoxy groups -OCH3 is 2. The zero-order valence-corrected chi connectivity index (χ0v) is 17.7. The minimum absolute atomic E-state index is 0.325. The van der Waals surface area contributed by atoms with Gasteiger partial charge in [0.25, 0.3) is 5.91 Å². The summed E-state index contributed by atoms with van der Waals surface area (Å²) in [7, 11) is 2.98. The van der Waals surface area contributed by atoms with Crippen LogP contribution in [0.15, 0.2) is 42.5 Å². The Morgan fingerprint density at radius 3 is 2.30 bits per heavy atom. The number of carbonyl (C=O) groups excluding carboxylic acids is 3. The number of carbonyl (C=O) groups is 3. The molecule has 0 bridgehead atoms. The first kappa shape index (κ1) is 21.4. The smallest absolute Gasteiger partial charge is 0.325 e. The molecule has 158 valence electrons. The van der Waals surface area contributed by atoms with Gasteiger partial charge in [-0.3, -0.25) is 14.5 Å². The first-order valence-electron chi connectivity index (χ1n) is 9.82. The largest absolute Gasteiger partial charge is 0.493 e. The van der Waals surface area contributed by atoms with E-state index in [4.69, 9.17) is 9.47 Å². The van der Waals surface area contributed by atoms with Gasteiger partial charge in [-0.15, -0.1) is 0 Å². The highest BCUT2D eigenvalue weighted by molar-refractivity contribution is 6.11. The Kier molecular flexibility index (Phi) is 6.10. The monoisotopic (exact) mass is 410 g/mol. The SMILES string of the molecule is CCCc1ccc([C@]2(C)NC(=O)N(CC(=O)c3ccc(OC)c(OC)c3)C2=O)cc1. The van der Waals surface area contributed by atoms with E-state index in [1.165, 1.54) is 25.8 Å². The predicted molar refractivity (Wildman–Crippen MR) is 112 cm³/mol. The number of imide groups is 1. The molecule has 2 aromatic rings. The van der Waals surface area contributed by atoms with Crippen molar-refractivity contribution in [3.63, 3.8) is 0 Å². The van der Waals surface area contributed by atoms with E-state index < -0.39 is 17.5 Å². The van der Waals surface area contributed by atoms with Gasteiger partial charge in [0.15, 0.2) is 17.3 Å². The topological polar surface area (TPSA) is 84.9 Å². The maximum absolute atomic E-state index is 13.1. The molecule has 1 aliphatic heterocycles. The van der Waals surface area contributed by atoms with Crippen molar-refractivity contribution in [2.45, 2.75) is 32.2 Å². The van der Waals surface area contributed by atoms with Crippen LogP contribution in [0.1, 0.15) is 41.8 Å². The fourth-order valence-corrected chi connectivity index (χ4v) is 3.57. The molecule has 0 aromatic heterocycles. The number of Topliss-reactive ketones (excluding diaryl/α,β-unsaturated/α-hetero) is 1. The summed E-state index contributed by atoms with van der Waals surface area (Å²) in [5, 5.41) is 2.74. The van der Waals surface area contributed by atoms with Crippen LogP contribution in [0.25, 0.3) is 0 Å². The highest BCUT2D eigenvalue weighted by atomic mass is 16.5. The van der Waals surface area contributed by atoms with Gasteiger partial charge in [0, 0.05) is 5.56 Å². The lowest BCUT2D eigenvalue weighted by Gasteiger charge is -2.22. The summed E-state index contributed by atoms with van der Waals surface area (Å²) in [6, 6.07) is 11.8. The average Bonchev–Trinajstić information content (AvgIpc) is 2.97. The van der Waals surface area contributed by atoms with Gasteiger partial charge in [-0.25, -0.2) is 4.79 Å². The van der Waals surface area contributed by atoms with E-state index >= 15 is 0 Å². The molecule has 3 amide bonds. The van der Waals surface area contributed by atoms with Crippen molar-refractivity contribution < 1.29 is 23.9 Å². The Labute approximate surface area is 176 Å². The molecule has 7 heteroatoms. The molecule has 1 saturated heterocycles. The molecule has 1 atom stereocenters. The number of hydrogen-bond acceptors (Lipinski definition) is 5. The zero-order chi connectivity index (χ0) is 21.9. The minimum Gasteiger partial charge on any atom is -0.493 e. The molecule has 0 saturated carbocycles. The van der Waals surface area contributed by atoms with E-state index in [-0.39, 0.29) is 12.3 Å². The van der Waals surface area contributed by atoms with E-state index in [1.807, 2.05) is 24.3 Å². The standard InChI is InChI=1S/C23H26N2O5/c1-5-6-15-7-10-17(11-8-15)23(2)21(27)25(22(28)24-23)14-18(26)16-9-12-19(29-3)20(13-16)30-4/h7-13H,5-6,14H2,1-4H3,(H,24,28)/t23-/m0/s1. The lowest BCUT2D eigenvalue weighted by atomic mass is 9.91. The van der Waals surface area contributed by atoms with Crippen molar-refractivity contribution in [1.29, 1.82) is 0 Å². The predicted octanol–water partition coefficient (Wildman–Crippen LogP) is 3.31. The number of amides is 3. The molecule has 30 heavy (non-hydrogen) atoms. The van der Waals surface area contributed by atoms with Crippen LogP contribution in [0, 0.1) is 0 Å². The van der Waals surface area contributed by atoms with E-state index in [2.05, 4.69) is 12.2 Å². The molecular formula is C23H26N2O5. The number of rotatable bonds is 8. The van der Waals surface area contributed by atoms with Crippen molar-refractivity contribution in [3.8, 4) is 11.5 Å². The third-order valence-corrected chi connectivity index (χ3v) is 5.35. The minimum atomic E-state index is -1.21. The van der Waals surface area contributed by atoms with Crippen LogP contribution in [0.4, 0.5) is 4.79 Å². The number of aryl methyl sites for hydroxylation is 1. The number of ketones is 1. The Morgan fingerprint density at radius 1 is 1.03 bits per heavy atom. The first-order valence-corrected chi connectivity index (χ1v) is 9.82. The second kappa shape index (κ2) is 8.57. The fraction of sp³-hybridized carbons (Fsp3) is 0.348. The molecule has 2 aromatic carbocycles. The second-order valence-corrected chi connectivity index (χ2v) is 7.39. The third kappa shape index (κ3) is 3.87. The van der Waals surface area contributed by atoms with E-state index in [1.54, 1.807) is 19.1 Å². The molecule has 1 heterocycles. The number of benzene rings is 2. The fourth-order valence-electron chi connectivity index (χ4n) is 3.57. The quantitative estimate of drug-likeness (QED) is 0.533. The summed E-state index contributed by atoms with van der Waals surface area (Å²) >= 11 is 0. The van der Waals surface area contributed by atoms with Crippen LogP contribution in [0.3, 0.4) is 0 Å². The summed E-state index contributed by atoms with van der Waals surface area (Å²) in [5.74, 6) is 0.0623. The molecule has 0 radical (unpaired) electrons. The van der Waals surface area contributed by atoms with Crippen LogP contribution >= 0.6 is 0 Å². The van der Waals surface area contributed by atoms with Gasteiger partial charge in [0.1, 0.15) is 5.54 Å². The molecule has 0 unspecified atom stereocenters. The molecule has 1 N–H and O–H groups in total. The number of nitrogens with zero attached hydrogens (tertiary/aromatic N) is 1. The lowest BCUT2D eigenvalue weighted by Crippen LogP contribution is -2.41. The van der Waals surface area contributed by atoms with Crippen LogP contribution in [0.5, 0.6) is 11.5 Å². The Bertz CT molecular complexity index is 970. The summed E-state index contributed by atoms with van der Waals surface area (Å²) in [4.78, 5) is 39.3. The summed E-state index contributed by atoms with van der Waals surface area (Å²) < 4.78 is 10.4. The zero-order valence-electron chi connectivity index (χ0n) is 17.7. The van der Waals surface area contributed by atoms with Gasteiger partial charge in [-0.1, -0.05) is 37.6 Å². The summed E-state index contributed by atoms with van der Waals surface area (Å²) in [6.07, 6.45) is 1.97. The van der Waals surface area contributed by atoms with Gasteiger partial charge in [0.2, 0.25) is 0 Å². The maximum Gasteiger partial charge on any atom is 0.325 e. The van der Waals surface area contributed by atoms with Crippen LogP contribution in [-0.4, -0.2) is 43.4 Å². The Hall–Kier alpha value is -3.35. The van der Waals surface area contributed by atoms with Crippen LogP contribution in [-0.2, 0) is 16.8 Å². The Morgan fingerprint density at radius 2 is 1.70 bits per heavy atom. The van der Waals surface area contributed by atoms with Gasteiger partial charge in [0.05, 0.1) is 20.8 Å². The van der Waals surface area contributed by atoms with Gasteiger partial charge in [-0.05, 0) is 42.7 Å². The second-order valence-electron chi connectivity index (χ2n) is 7.39. The van der Waals surface area contributed by atoms with Crippen LogP contribution < -0.4 is 14.8 Å². The number of urea groups is 1. The van der Waals surface area contributed by atoms with Gasteiger partial charge < -0.3 is 14.8 Å². The van der Waals surface area contributed by atoms with Gasteiger partial charge in [-0.2, -0.15) is 0 Å². The average molecular weight is 410 g/mol. The van der Waals surface area contributed by atoms with Crippen LogP contribution in [0.2, 0.25) is 0 Å². The number of hydrogen-bond donors (Lipinski definition) is 1. The normalized spacial score (nSPS) is 18.3. The number of nitrogens with one attached hydrogen (secondary N) is 1. The highest BCUT2D eigenvalue weighted by Gasteiger charge is 2.49. The highest BCUT2D eigenvalue weighted by Crippen LogP contribution is 2.31. The van der Waals surface area contributed by atoms with E-state index in [0.29, 0.717) is 22.6 Å². The van der Waals surface area contributed by atoms with E-state index in [0.717, 1.165) is 17.7 Å². The van der Waals surface area contributed by atoms with Crippen molar-refractivity contribution in [2.75, 3.05) is 20.8 Å². The molecule has 7 nitrogen and oxygen atoms in total. The lowest BCUT2D eigenvalue weighted by molar-refractivity contribution is -0.130. The third-order valence-electron chi connectivity index (χ3n) is 5.35. The molecule has 1 aliphatic rings.